The van der Waals surface area contributed by atoms with Crippen LogP contribution in [-0.4, -0.2) is 17.6 Å². The van der Waals surface area contributed by atoms with Crippen molar-refractivity contribution in [3.05, 3.63) is 45.6 Å². The highest BCUT2D eigenvalue weighted by Gasteiger charge is 2.05. The molecule has 0 amide bonds. The van der Waals surface area contributed by atoms with Gasteiger partial charge in [-0.15, -0.1) is 0 Å². The van der Waals surface area contributed by atoms with Crippen LogP contribution >= 0.6 is 0 Å². The zero-order valence-corrected chi connectivity index (χ0v) is 8.72. The minimum atomic E-state index is -1.21. The Bertz CT molecular complexity index is 539. The molecule has 0 unspecified atom stereocenters. The van der Waals surface area contributed by atoms with Crippen LogP contribution in [0.4, 0.5) is 4.39 Å². The standard InChI is InChI=1S/C11H8FN3O2/c12-10-6-8(3-1-2-4-14-15-13)5-9(7-10)11(16)17/h5-7H,2,4H2,(H,16,17). The minimum absolute atomic E-state index is 0.149. The summed E-state index contributed by atoms with van der Waals surface area (Å²) in [5.41, 5.74) is 8.14. The van der Waals surface area contributed by atoms with Gasteiger partial charge in [0.1, 0.15) is 5.82 Å². The van der Waals surface area contributed by atoms with E-state index < -0.39 is 11.8 Å². The second-order valence-electron chi connectivity index (χ2n) is 3.04. The van der Waals surface area contributed by atoms with Gasteiger partial charge < -0.3 is 5.11 Å². The first-order chi connectivity index (χ1) is 8.13. The highest BCUT2D eigenvalue weighted by molar-refractivity contribution is 5.88. The summed E-state index contributed by atoms with van der Waals surface area (Å²) < 4.78 is 13.0. The second kappa shape index (κ2) is 6.16. The Morgan fingerprint density at radius 3 is 2.94 bits per heavy atom. The lowest BCUT2D eigenvalue weighted by atomic mass is 10.1. The lowest BCUT2D eigenvalue weighted by Gasteiger charge is -1.96. The number of carboxylic acids is 1. The maximum absolute atomic E-state index is 13.0. The number of halogens is 1. The van der Waals surface area contributed by atoms with Crippen molar-refractivity contribution in [3.8, 4) is 11.8 Å². The molecule has 0 bridgehead atoms. The number of benzene rings is 1. The third-order valence-corrected chi connectivity index (χ3v) is 1.78. The van der Waals surface area contributed by atoms with Crippen molar-refractivity contribution in [2.24, 2.45) is 5.11 Å². The normalized spacial score (nSPS) is 8.76. The zero-order chi connectivity index (χ0) is 12.7. The van der Waals surface area contributed by atoms with E-state index in [0.717, 1.165) is 12.1 Å². The second-order valence-corrected chi connectivity index (χ2v) is 3.04. The van der Waals surface area contributed by atoms with Crippen LogP contribution in [0, 0.1) is 17.7 Å². The molecule has 0 aliphatic rings. The lowest BCUT2D eigenvalue weighted by molar-refractivity contribution is 0.0696. The summed E-state index contributed by atoms with van der Waals surface area (Å²) in [5.74, 6) is 3.40. The molecule has 1 N–H and O–H groups in total. The first-order valence-electron chi connectivity index (χ1n) is 4.67. The molecular weight excluding hydrogens is 225 g/mol. The maximum Gasteiger partial charge on any atom is 0.335 e. The first kappa shape index (κ1) is 12.6. The number of carboxylic acid groups (broad SMARTS) is 1. The Balaban J connectivity index is 2.83. The van der Waals surface area contributed by atoms with Gasteiger partial charge in [0.05, 0.1) is 5.56 Å². The van der Waals surface area contributed by atoms with Gasteiger partial charge in [-0.05, 0) is 23.7 Å². The molecule has 0 aliphatic carbocycles. The van der Waals surface area contributed by atoms with Gasteiger partial charge >= 0.3 is 5.97 Å². The molecule has 1 rings (SSSR count). The highest BCUT2D eigenvalue weighted by Crippen LogP contribution is 2.08. The first-order valence-corrected chi connectivity index (χ1v) is 4.67. The van der Waals surface area contributed by atoms with Crippen LogP contribution < -0.4 is 0 Å². The van der Waals surface area contributed by atoms with Gasteiger partial charge in [-0.25, -0.2) is 9.18 Å². The Labute approximate surface area is 96.5 Å². The fourth-order valence-electron chi connectivity index (χ4n) is 1.10. The molecule has 1 aromatic carbocycles. The van der Waals surface area contributed by atoms with E-state index >= 15 is 0 Å². The van der Waals surface area contributed by atoms with Crippen LogP contribution in [0.5, 0.6) is 0 Å². The summed E-state index contributed by atoms with van der Waals surface area (Å²) in [6.07, 6.45) is 0.336. The van der Waals surface area contributed by atoms with Gasteiger partial charge in [0.2, 0.25) is 0 Å². The summed E-state index contributed by atoms with van der Waals surface area (Å²) in [7, 11) is 0. The van der Waals surface area contributed by atoms with E-state index in [4.69, 9.17) is 10.6 Å². The van der Waals surface area contributed by atoms with Crippen molar-refractivity contribution in [1.82, 2.24) is 0 Å². The van der Waals surface area contributed by atoms with E-state index in [2.05, 4.69) is 21.9 Å². The molecule has 6 heteroatoms. The number of aromatic carboxylic acids is 1. The predicted molar refractivity (Wildman–Crippen MR) is 58.9 cm³/mol. The maximum atomic E-state index is 13.0. The number of hydrogen-bond donors (Lipinski definition) is 1. The lowest BCUT2D eigenvalue weighted by Crippen LogP contribution is -1.97. The van der Waals surface area contributed by atoms with Crippen molar-refractivity contribution in [3.63, 3.8) is 0 Å². The molecule has 86 valence electrons. The molecule has 0 radical (unpaired) electrons. The molecule has 0 atom stereocenters. The van der Waals surface area contributed by atoms with E-state index in [0.29, 0.717) is 6.42 Å². The van der Waals surface area contributed by atoms with Gasteiger partial charge in [-0.2, -0.15) is 0 Å². The third kappa shape index (κ3) is 4.24. The average Bonchev–Trinajstić information content (AvgIpc) is 2.28. The van der Waals surface area contributed by atoms with Gasteiger partial charge in [-0.1, -0.05) is 17.0 Å². The molecule has 0 heterocycles. The topological polar surface area (TPSA) is 86.1 Å². The molecular formula is C11H8FN3O2. The van der Waals surface area contributed by atoms with E-state index in [1.807, 2.05) is 0 Å². The van der Waals surface area contributed by atoms with Crippen molar-refractivity contribution < 1.29 is 14.3 Å². The molecule has 0 aromatic heterocycles. The molecule has 5 nitrogen and oxygen atoms in total. The average molecular weight is 233 g/mol. The van der Waals surface area contributed by atoms with Gasteiger partial charge in [0.25, 0.3) is 0 Å². The van der Waals surface area contributed by atoms with Crippen LogP contribution in [-0.2, 0) is 0 Å². The van der Waals surface area contributed by atoms with Crippen LogP contribution in [0.3, 0.4) is 0 Å². The van der Waals surface area contributed by atoms with Gasteiger partial charge in [-0.3, -0.25) is 0 Å². The molecule has 0 fully saturated rings. The van der Waals surface area contributed by atoms with Crippen molar-refractivity contribution in [1.29, 1.82) is 0 Å². The summed E-state index contributed by atoms with van der Waals surface area (Å²) >= 11 is 0. The Hall–Kier alpha value is -2.51. The number of nitrogens with zero attached hydrogens (tertiary/aromatic N) is 3. The minimum Gasteiger partial charge on any atom is -0.478 e. The van der Waals surface area contributed by atoms with Crippen molar-refractivity contribution in [2.45, 2.75) is 6.42 Å². The zero-order valence-electron chi connectivity index (χ0n) is 8.72. The fraction of sp³-hybridized carbons (Fsp3) is 0.182. The van der Waals surface area contributed by atoms with Crippen LogP contribution in [0.1, 0.15) is 22.3 Å². The Kier molecular flexibility index (Phi) is 4.55. The summed E-state index contributed by atoms with van der Waals surface area (Å²) in [4.78, 5) is 13.2. The Morgan fingerprint density at radius 1 is 1.53 bits per heavy atom. The number of carbonyl (C=O) groups is 1. The Morgan fingerprint density at radius 2 is 2.29 bits per heavy atom. The number of hydrogen-bond acceptors (Lipinski definition) is 2. The number of rotatable bonds is 3. The quantitative estimate of drug-likeness (QED) is 0.286. The summed E-state index contributed by atoms with van der Waals surface area (Å²) in [5, 5.41) is 12.0. The van der Waals surface area contributed by atoms with Crippen LogP contribution in [0.15, 0.2) is 23.3 Å². The van der Waals surface area contributed by atoms with E-state index in [9.17, 15) is 9.18 Å². The fourth-order valence-corrected chi connectivity index (χ4v) is 1.10. The predicted octanol–water partition coefficient (Wildman–Crippen LogP) is 2.58. The monoisotopic (exact) mass is 233 g/mol. The highest BCUT2D eigenvalue weighted by atomic mass is 19.1. The van der Waals surface area contributed by atoms with Crippen molar-refractivity contribution in [2.75, 3.05) is 6.54 Å². The number of azide groups is 1. The van der Waals surface area contributed by atoms with Crippen LogP contribution in [0.2, 0.25) is 0 Å². The largest absolute Gasteiger partial charge is 0.478 e. The van der Waals surface area contributed by atoms with Crippen LogP contribution in [0.25, 0.3) is 10.4 Å². The third-order valence-electron chi connectivity index (χ3n) is 1.78. The van der Waals surface area contributed by atoms with E-state index in [1.165, 1.54) is 6.07 Å². The molecule has 0 saturated heterocycles. The van der Waals surface area contributed by atoms with Gasteiger partial charge in [0.15, 0.2) is 0 Å². The molecule has 0 aliphatic heterocycles. The van der Waals surface area contributed by atoms with E-state index in [-0.39, 0.29) is 17.7 Å². The summed E-state index contributed by atoms with van der Waals surface area (Å²) in [6, 6.07) is 3.35. The van der Waals surface area contributed by atoms with Crippen molar-refractivity contribution >= 4 is 5.97 Å². The van der Waals surface area contributed by atoms with Gasteiger partial charge in [0, 0.05) is 23.4 Å². The summed E-state index contributed by atoms with van der Waals surface area (Å²) in [6.45, 7) is 0.227. The van der Waals surface area contributed by atoms with E-state index in [1.54, 1.807) is 0 Å². The molecule has 0 saturated carbocycles. The molecule has 1 aromatic rings. The smallest absolute Gasteiger partial charge is 0.335 e. The SMILES string of the molecule is [N-]=[N+]=NCCC#Cc1cc(F)cc(C(=O)O)c1. The molecule has 0 spiro atoms. The molecule has 17 heavy (non-hydrogen) atoms.